The highest BCUT2D eigenvalue weighted by atomic mass is 16.1. The molecule has 0 aliphatic heterocycles. The standard InChI is InChI=1S/C9H18N2O/c1-4-7-11(6-3)8-10-9(12)5-2/h5H,2,4,6-8H2,1,3H3,(H,10,12). The fourth-order valence-electron chi connectivity index (χ4n) is 0.927. The van der Waals surface area contributed by atoms with Crippen LogP contribution in [0.25, 0.3) is 0 Å². The van der Waals surface area contributed by atoms with E-state index in [4.69, 9.17) is 0 Å². The first-order chi connectivity index (χ1) is 5.74. The zero-order valence-electron chi connectivity index (χ0n) is 7.97. The number of nitrogens with one attached hydrogen (secondary N) is 1. The highest BCUT2D eigenvalue weighted by Crippen LogP contribution is 1.87. The van der Waals surface area contributed by atoms with E-state index in [1.165, 1.54) is 6.08 Å². The van der Waals surface area contributed by atoms with Gasteiger partial charge >= 0.3 is 0 Å². The van der Waals surface area contributed by atoms with E-state index in [1.807, 2.05) is 0 Å². The summed E-state index contributed by atoms with van der Waals surface area (Å²) in [5.41, 5.74) is 0. The fraction of sp³-hybridized carbons (Fsp3) is 0.667. The van der Waals surface area contributed by atoms with E-state index in [-0.39, 0.29) is 5.91 Å². The summed E-state index contributed by atoms with van der Waals surface area (Å²) in [5.74, 6) is -0.107. The predicted octanol–water partition coefficient (Wildman–Crippen LogP) is 0.978. The van der Waals surface area contributed by atoms with Gasteiger partial charge in [0.25, 0.3) is 0 Å². The van der Waals surface area contributed by atoms with Crippen LogP contribution in [-0.4, -0.2) is 30.6 Å². The molecule has 0 aromatic heterocycles. The van der Waals surface area contributed by atoms with Crippen LogP contribution in [-0.2, 0) is 4.79 Å². The summed E-state index contributed by atoms with van der Waals surface area (Å²) in [6.07, 6.45) is 2.40. The normalized spacial score (nSPS) is 9.92. The third-order valence-corrected chi connectivity index (χ3v) is 1.65. The van der Waals surface area contributed by atoms with Crippen molar-refractivity contribution in [1.82, 2.24) is 10.2 Å². The highest BCUT2D eigenvalue weighted by Gasteiger charge is 2.00. The average molecular weight is 170 g/mol. The Balaban J connectivity index is 3.56. The Morgan fingerprint density at radius 1 is 1.58 bits per heavy atom. The number of hydrogen-bond acceptors (Lipinski definition) is 2. The zero-order valence-corrected chi connectivity index (χ0v) is 7.97. The van der Waals surface area contributed by atoms with Crippen molar-refractivity contribution in [3.8, 4) is 0 Å². The van der Waals surface area contributed by atoms with Gasteiger partial charge in [-0.25, -0.2) is 0 Å². The molecule has 0 heterocycles. The molecule has 3 heteroatoms. The van der Waals surface area contributed by atoms with Crippen molar-refractivity contribution in [2.24, 2.45) is 0 Å². The number of rotatable bonds is 6. The topological polar surface area (TPSA) is 32.3 Å². The van der Waals surface area contributed by atoms with Crippen molar-refractivity contribution < 1.29 is 4.79 Å². The largest absolute Gasteiger partial charge is 0.340 e. The van der Waals surface area contributed by atoms with Gasteiger partial charge in [0, 0.05) is 0 Å². The second-order valence-electron chi connectivity index (χ2n) is 2.61. The van der Waals surface area contributed by atoms with Gasteiger partial charge in [-0.3, -0.25) is 9.69 Å². The molecule has 0 aliphatic rings. The molecule has 3 nitrogen and oxygen atoms in total. The minimum absolute atomic E-state index is 0.107. The van der Waals surface area contributed by atoms with E-state index in [0.29, 0.717) is 6.67 Å². The van der Waals surface area contributed by atoms with Crippen LogP contribution in [0.5, 0.6) is 0 Å². The van der Waals surface area contributed by atoms with Gasteiger partial charge in [0.1, 0.15) is 0 Å². The second-order valence-corrected chi connectivity index (χ2v) is 2.61. The molecule has 0 spiro atoms. The molecule has 0 aliphatic carbocycles. The molecule has 12 heavy (non-hydrogen) atoms. The Morgan fingerprint density at radius 3 is 2.67 bits per heavy atom. The van der Waals surface area contributed by atoms with Gasteiger partial charge in [-0.15, -0.1) is 0 Å². The lowest BCUT2D eigenvalue weighted by Crippen LogP contribution is -2.37. The smallest absolute Gasteiger partial charge is 0.244 e. The van der Waals surface area contributed by atoms with Gasteiger partial charge in [-0.2, -0.15) is 0 Å². The molecule has 0 rings (SSSR count). The maximum Gasteiger partial charge on any atom is 0.244 e. The molecular formula is C9H18N2O. The number of carbonyl (C=O) groups excluding carboxylic acids is 1. The molecule has 1 N–H and O–H groups in total. The van der Waals surface area contributed by atoms with Crippen molar-refractivity contribution in [1.29, 1.82) is 0 Å². The quantitative estimate of drug-likeness (QED) is 0.476. The van der Waals surface area contributed by atoms with Crippen LogP contribution in [0.4, 0.5) is 0 Å². The molecule has 0 radical (unpaired) electrons. The molecule has 0 fully saturated rings. The number of hydrogen-bond donors (Lipinski definition) is 1. The third kappa shape index (κ3) is 4.91. The lowest BCUT2D eigenvalue weighted by atomic mass is 10.4. The zero-order chi connectivity index (χ0) is 9.40. The third-order valence-electron chi connectivity index (χ3n) is 1.65. The molecule has 0 unspecified atom stereocenters. The monoisotopic (exact) mass is 170 g/mol. The van der Waals surface area contributed by atoms with Crippen molar-refractivity contribution in [3.05, 3.63) is 12.7 Å². The number of amides is 1. The lowest BCUT2D eigenvalue weighted by Gasteiger charge is -2.19. The molecule has 0 atom stereocenters. The van der Waals surface area contributed by atoms with Crippen molar-refractivity contribution in [3.63, 3.8) is 0 Å². The lowest BCUT2D eigenvalue weighted by molar-refractivity contribution is -0.117. The maximum absolute atomic E-state index is 10.8. The van der Waals surface area contributed by atoms with Crippen LogP contribution >= 0.6 is 0 Å². The highest BCUT2D eigenvalue weighted by molar-refractivity contribution is 5.86. The van der Waals surface area contributed by atoms with Gasteiger partial charge in [0.2, 0.25) is 5.91 Å². The molecule has 0 saturated heterocycles. The number of carbonyl (C=O) groups is 1. The first kappa shape index (κ1) is 11.2. The van der Waals surface area contributed by atoms with Crippen LogP contribution < -0.4 is 5.32 Å². The molecular weight excluding hydrogens is 152 g/mol. The van der Waals surface area contributed by atoms with Gasteiger partial charge in [0.15, 0.2) is 0 Å². The van der Waals surface area contributed by atoms with Crippen LogP contribution in [0.15, 0.2) is 12.7 Å². The number of nitrogens with zero attached hydrogens (tertiary/aromatic N) is 1. The van der Waals surface area contributed by atoms with E-state index < -0.39 is 0 Å². The SMILES string of the molecule is C=CC(=O)NCN(CC)CCC. The van der Waals surface area contributed by atoms with E-state index in [2.05, 4.69) is 30.6 Å². The minimum atomic E-state index is -0.107. The summed E-state index contributed by atoms with van der Waals surface area (Å²) >= 11 is 0. The Labute approximate surface area is 74.4 Å². The Hall–Kier alpha value is -0.830. The summed E-state index contributed by atoms with van der Waals surface area (Å²) < 4.78 is 0. The Morgan fingerprint density at radius 2 is 2.25 bits per heavy atom. The predicted molar refractivity (Wildman–Crippen MR) is 50.7 cm³/mol. The van der Waals surface area contributed by atoms with E-state index in [0.717, 1.165) is 19.5 Å². The Kier molecular flexibility index (Phi) is 6.38. The van der Waals surface area contributed by atoms with Crippen LogP contribution in [0.1, 0.15) is 20.3 Å². The van der Waals surface area contributed by atoms with Crippen molar-refractivity contribution >= 4 is 5.91 Å². The first-order valence-electron chi connectivity index (χ1n) is 4.37. The minimum Gasteiger partial charge on any atom is -0.340 e. The molecule has 70 valence electrons. The van der Waals surface area contributed by atoms with E-state index >= 15 is 0 Å². The molecule has 0 aromatic rings. The summed E-state index contributed by atoms with van der Waals surface area (Å²) in [7, 11) is 0. The van der Waals surface area contributed by atoms with Crippen molar-refractivity contribution in [2.75, 3.05) is 19.8 Å². The van der Waals surface area contributed by atoms with Gasteiger partial charge in [0.05, 0.1) is 6.67 Å². The van der Waals surface area contributed by atoms with Gasteiger partial charge < -0.3 is 5.32 Å². The fourth-order valence-corrected chi connectivity index (χ4v) is 0.927. The summed E-state index contributed by atoms with van der Waals surface area (Å²) in [4.78, 5) is 12.9. The summed E-state index contributed by atoms with van der Waals surface area (Å²) in [6.45, 7) is 10.2. The van der Waals surface area contributed by atoms with Gasteiger partial charge in [-0.1, -0.05) is 20.4 Å². The molecule has 1 amide bonds. The van der Waals surface area contributed by atoms with Crippen molar-refractivity contribution in [2.45, 2.75) is 20.3 Å². The average Bonchev–Trinajstić information content (AvgIpc) is 2.11. The van der Waals surface area contributed by atoms with E-state index in [9.17, 15) is 4.79 Å². The summed E-state index contributed by atoms with van der Waals surface area (Å²) in [5, 5.41) is 2.74. The van der Waals surface area contributed by atoms with Crippen LogP contribution in [0, 0.1) is 0 Å². The first-order valence-corrected chi connectivity index (χ1v) is 4.37. The van der Waals surface area contributed by atoms with Crippen LogP contribution in [0.2, 0.25) is 0 Å². The molecule has 0 bridgehead atoms. The maximum atomic E-state index is 10.8. The molecule has 0 saturated carbocycles. The van der Waals surface area contributed by atoms with Crippen LogP contribution in [0.3, 0.4) is 0 Å². The molecule has 0 aromatic carbocycles. The second kappa shape index (κ2) is 6.85. The summed E-state index contributed by atoms with van der Waals surface area (Å²) in [6, 6.07) is 0. The Bertz CT molecular complexity index is 145. The van der Waals surface area contributed by atoms with E-state index in [1.54, 1.807) is 0 Å². The van der Waals surface area contributed by atoms with Gasteiger partial charge in [-0.05, 0) is 25.6 Å².